The van der Waals surface area contributed by atoms with E-state index < -0.39 is 18.2 Å². The summed E-state index contributed by atoms with van der Waals surface area (Å²) < 4.78 is 22.1. The molecular weight excluding hydrogens is 521 g/mol. The van der Waals surface area contributed by atoms with Gasteiger partial charge in [0.25, 0.3) is 0 Å². The van der Waals surface area contributed by atoms with Crippen LogP contribution in [0.5, 0.6) is 5.75 Å². The van der Waals surface area contributed by atoms with Crippen LogP contribution >= 0.6 is 23.2 Å². The number of amides is 1. The summed E-state index contributed by atoms with van der Waals surface area (Å²) in [6, 6.07) is 12.4. The minimum Gasteiger partial charge on any atom is -0.492 e. The molecule has 10 heteroatoms. The molecule has 204 valence electrons. The lowest BCUT2D eigenvalue weighted by Crippen LogP contribution is -2.36. The lowest BCUT2D eigenvalue weighted by molar-refractivity contribution is -0.149. The second-order valence-electron chi connectivity index (χ2n) is 8.26. The van der Waals surface area contributed by atoms with Gasteiger partial charge < -0.3 is 29.0 Å². The molecule has 0 aliphatic heterocycles. The molecule has 2 aromatic carbocycles. The maximum absolute atomic E-state index is 12.5. The number of ether oxygens (including phenoxy) is 4. The van der Waals surface area contributed by atoms with Crippen molar-refractivity contribution in [1.82, 2.24) is 4.90 Å². The Morgan fingerprint density at radius 1 is 0.946 bits per heavy atom. The second-order valence-corrected chi connectivity index (χ2v) is 9.14. The Balaban J connectivity index is 1.80. The van der Waals surface area contributed by atoms with Crippen molar-refractivity contribution in [2.45, 2.75) is 45.8 Å². The Morgan fingerprint density at radius 3 is 2.27 bits per heavy atom. The highest BCUT2D eigenvalue weighted by Gasteiger charge is 2.18. The van der Waals surface area contributed by atoms with E-state index >= 15 is 0 Å². The van der Waals surface area contributed by atoms with Gasteiger partial charge in [-0.2, -0.15) is 0 Å². The van der Waals surface area contributed by atoms with E-state index in [2.05, 4.69) is 0 Å². The predicted octanol–water partition coefficient (Wildman–Crippen LogP) is 5.86. The number of halogens is 2. The fraction of sp³-hybridized carbons (Fsp3) is 0.481. The fourth-order valence-electron chi connectivity index (χ4n) is 3.45. The van der Waals surface area contributed by atoms with Crippen LogP contribution in [-0.2, 0) is 32.0 Å². The summed E-state index contributed by atoms with van der Waals surface area (Å²) in [5.74, 6) is -0.367. The third-order valence-electron chi connectivity index (χ3n) is 5.21. The third-order valence-corrected chi connectivity index (χ3v) is 5.65. The molecule has 0 aliphatic carbocycles. The first-order chi connectivity index (χ1) is 17.8. The van der Waals surface area contributed by atoms with Crippen molar-refractivity contribution in [3.63, 3.8) is 0 Å². The van der Waals surface area contributed by atoms with Crippen molar-refractivity contribution in [1.29, 1.82) is 0 Å². The molecular formula is C27H35Cl2NO7. The van der Waals surface area contributed by atoms with E-state index in [1.54, 1.807) is 42.2 Å². The van der Waals surface area contributed by atoms with Gasteiger partial charge in [0.2, 0.25) is 0 Å². The molecule has 8 nitrogen and oxygen atoms in total. The molecule has 0 aromatic heterocycles. The molecule has 0 fully saturated rings. The van der Waals surface area contributed by atoms with Crippen molar-refractivity contribution < 1.29 is 33.6 Å². The van der Waals surface area contributed by atoms with E-state index in [0.717, 1.165) is 17.5 Å². The minimum atomic E-state index is -0.989. The average Bonchev–Trinajstić information content (AvgIpc) is 2.86. The van der Waals surface area contributed by atoms with Gasteiger partial charge in [0.15, 0.2) is 6.10 Å². The summed E-state index contributed by atoms with van der Waals surface area (Å²) in [7, 11) is 0. The van der Waals surface area contributed by atoms with Crippen LogP contribution in [0.1, 0.15) is 37.8 Å². The highest BCUT2D eigenvalue weighted by atomic mass is 35.5. The lowest BCUT2D eigenvalue weighted by atomic mass is 10.1. The van der Waals surface area contributed by atoms with Crippen LogP contribution in [0, 0.1) is 0 Å². The SMILES string of the molecule is CCCOC(=O)N(CCCOCc1cc(Cl)cc(Cl)c1)CCOc1ccc(CC(OCC)C(=O)O)cc1. The summed E-state index contributed by atoms with van der Waals surface area (Å²) in [5, 5.41) is 10.4. The molecule has 0 spiro atoms. The van der Waals surface area contributed by atoms with Gasteiger partial charge >= 0.3 is 12.1 Å². The van der Waals surface area contributed by atoms with Crippen LogP contribution in [0.4, 0.5) is 4.79 Å². The van der Waals surface area contributed by atoms with Gasteiger partial charge in [-0.25, -0.2) is 9.59 Å². The van der Waals surface area contributed by atoms with E-state index in [0.29, 0.717) is 61.7 Å². The molecule has 37 heavy (non-hydrogen) atoms. The number of rotatable bonds is 17. The topological polar surface area (TPSA) is 94.5 Å². The van der Waals surface area contributed by atoms with Gasteiger partial charge in [-0.3, -0.25) is 0 Å². The number of benzene rings is 2. The number of carbonyl (C=O) groups excluding carboxylic acids is 1. The molecule has 0 radical (unpaired) electrons. The zero-order valence-electron chi connectivity index (χ0n) is 21.3. The quantitative estimate of drug-likeness (QED) is 0.244. The van der Waals surface area contributed by atoms with Crippen molar-refractivity contribution >= 4 is 35.3 Å². The second kappa shape index (κ2) is 17.1. The molecule has 1 atom stereocenters. The van der Waals surface area contributed by atoms with Crippen LogP contribution in [0.3, 0.4) is 0 Å². The third kappa shape index (κ3) is 12.0. The van der Waals surface area contributed by atoms with Crippen LogP contribution in [0.25, 0.3) is 0 Å². The van der Waals surface area contributed by atoms with Gasteiger partial charge in [0.05, 0.1) is 19.8 Å². The maximum Gasteiger partial charge on any atom is 0.409 e. The lowest BCUT2D eigenvalue weighted by Gasteiger charge is -2.22. The highest BCUT2D eigenvalue weighted by Crippen LogP contribution is 2.19. The van der Waals surface area contributed by atoms with Crippen LogP contribution in [-0.4, -0.2) is 67.7 Å². The van der Waals surface area contributed by atoms with Crippen molar-refractivity contribution in [3.05, 3.63) is 63.6 Å². The summed E-state index contributed by atoms with van der Waals surface area (Å²) >= 11 is 12.0. The van der Waals surface area contributed by atoms with Crippen molar-refractivity contribution in [3.8, 4) is 5.75 Å². The summed E-state index contributed by atoms with van der Waals surface area (Å²) in [5.41, 5.74) is 1.71. The number of aliphatic carboxylic acids is 1. The minimum absolute atomic E-state index is 0.271. The van der Waals surface area contributed by atoms with Gasteiger partial charge in [-0.15, -0.1) is 0 Å². The van der Waals surface area contributed by atoms with E-state index in [-0.39, 0.29) is 13.0 Å². The fourth-order valence-corrected chi connectivity index (χ4v) is 4.02. The summed E-state index contributed by atoms with van der Waals surface area (Å²) in [6.45, 7) is 6.28. The smallest absolute Gasteiger partial charge is 0.409 e. The van der Waals surface area contributed by atoms with Crippen molar-refractivity contribution in [2.24, 2.45) is 0 Å². The van der Waals surface area contributed by atoms with Crippen LogP contribution in [0.15, 0.2) is 42.5 Å². The first kappa shape index (κ1) is 30.7. The number of nitrogens with zero attached hydrogens (tertiary/aromatic N) is 1. The highest BCUT2D eigenvalue weighted by molar-refractivity contribution is 6.34. The Labute approximate surface area is 228 Å². The average molecular weight is 556 g/mol. The summed E-state index contributed by atoms with van der Waals surface area (Å²) in [4.78, 5) is 25.4. The van der Waals surface area contributed by atoms with Gasteiger partial charge in [-0.05, 0) is 61.2 Å². The van der Waals surface area contributed by atoms with E-state index in [1.165, 1.54) is 0 Å². The number of hydrogen-bond donors (Lipinski definition) is 1. The number of carboxylic acids is 1. The Morgan fingerprint density at radius 2 is 1.65 bits per heavy atom. The number of carboxylic acid groups (broad SMARTS) is 1. The van der Waals surface area contributed by atoms with E-state index in [4.69, 9.17) is 42.1 Å². The molecule has 0 heterocycles. The van der Waals surface area contributed by atoms with Gasteiger partial charge in [-0.1, -0.05) is 42.3 Å². The maximum atomic E-state index is 12.5. The molecule has 1 amide bonds. The van der Waals surface area contributed by atoms with Gasteiger partial charge in [0, 0.05) is 36.2 Å². The molecule has 0 saturated carbocycles. The van der Waals surface area contributed by atoms with E-state index in [9.17, 15) is 14.7 Å². The molecule has 1 unspecified atom stereocenters. The Hall–Kier alpha value is -2.52. The van der Waals surface area contributed by atoms with Crippen molar-refractivity contribution in [2.75, 3.05) is 39.5 Å². The molecule has 2 rings (SSSR count). The van der Waals surface area contributed by atoms with E-state index in [1.807, 2.05) is 19.1 Å². The number of hydrogen-bond acceptors (Lipinski definition) is 6. The summed E-state index contributed by atoms with van der Waals surface area (Å²) in [6.07, 6.45) is 0.353. The zero-order valence-corrected chi connectivity index (χ0v) is 22.8. The van der Waals surface area contributed by atoms with Gasteiger partial charge in [0.1, 0.15) is 12.4 Å². The molecule has 0 saturated heterocycles. The largest absolute Gasteiger partial charge is 0.492 e. The molecule has 2 aromatic rings. The molecule has 0 bridgehead atoms. The Kier molecular flexibility index (Phi) is 14.2. The first-order valence-corrected chi connectivity index (χ1v) is 13.1. The molecule has 1 N–H and O–H groups in total. The standard InChI is InChI=1S/C27H35Cl2NO7/c1-3-12-37-27(33)30(10-5-13-34-19-21-15-22(28)18-23(29)16-21)11-14-36-24-8-6-20(7-9-24)17-25(26(31)32)35-4-2/h6-9,15-16,18,25H,3-5,10-14,17,19H2,1-2H3,(H,31,32). The first-order valence-electron chi connectivity index (χ1n) is 12.3. The van der Waals surface area contributed by atoms with Crippen LogP contribution < -0.4 is 4.74 Å². The predicted molar refractivity (Wildman–Crippen MR) is 143 cm³/mol. The zero-order chi connectivity index (χ0) is 27.0. The molecule has 0 aliphatic rings. The number of carbonyl (C=O) groups is 2. The van der Waals surface area contributed by atoms with Crippen LogP contribution in [0.2, 0.25) is 10.0 Å². The normalized spacial score (nSPS) is 11.7. The monoisotopic (exact) mass is 555 g/mol. The Bertz CT molecular complexity index is 951.